The van der Waals surface area contributed by atoms with Crippen molar-refractivity contribution >= 4 is 26.5 Å². The van der Waals surface area contributed by atoms with Gasteiger partial charge in [-0.05, 0) is 44.8 Å². The van der Waals surface area contributed by atoms with E-state index in [9.17, 15) is 0 Å². The van der Waals surface area contributed by atoms with E-state index in [0.29, 0.717) is 0 Å². The van der Waals surface area contributed by atoms with Crippen LogP contribution in [0.3, 0.4) is 0 Å². The zero-order valence-corrected chi connectivity index (χ0v) is 18.5. The first-order chi connectivity index (χ1) is 12.6. The van der Waals surface area contributed by atoms with E-state index in [1.165, 1.54) is 16.2 Å². The number of allylic oxidation sites excluding steroid dienone is 1. The van der Waals surface area contributed by atoms with Crippen LogP contribution in [0, 0.1) is 0 Å². The maximum atomic E-state index is 6.41. The lowest BCUT2D eigenvalue weighted by Crippen LogP contribution is -2.43. The van der Waals surface area contributed by atoms with Crippen molar-refractivity contribution in [1.29, 1.82) is 0 Å². The van der Waals surface area contributed by atoms with Gasteiger partial charge in [-0.3, -0.25) is 0 Å². The summed E-state index contributed by atoms with van der Waals surface area (Å²) in [4.78, 5) is 0. The summed E-state index contributed by atoms with van der Waals surface area (Å²) in [6, 6.07) is 22.4. The van der Waals surface area contributed by atoms with Crippen molar-refractivity contribution in [3.8, 4) is 0 Å². The average Bonchev–Trinajstić information content (AvgIpc) is 2.84. The lowest BCUT2D eigenvalue weighted by molar-refractivity contribution is 0.00578. The predicted molar refractivity (Wildman–Crippen MR) is 119 cm³/mol. The third-order valence-corrected chi connectivity index (χ3v) is 9.10. The van der Waals surface area contributed by atoms with E-state index in [4.69, 9.17) is 9.31 Å². The molecule has 4 heteroatoms. The van der Waals surface area contributed by atoms with Gasteiger partial charge in [-0.25, -0.2) is 0 Å². The van der Waals surface area contributed by atoms with Gasteiger partial charge >= 0.3 is 7.12 Å². The van der Waals surface area contributed by atoms with Crippen molar-refractivity contribution in [2.24, 2.45) is 0 Å². The molecule has 0 saturated carbocycles. The van der Waals surface area contributed by atoms with E-state index >= 15 is 0 Å². The standard InChI is InChI=1S/C23H31BO2Si/c1-22(2)23(3,4)26-24(25-22)20(17-19-13-9-7-10-14-19)18-27(5,6)21-15-11-8-12-16-21/h7-17H,18H2,1-6H3. The number of rotatable bonds is 5. The van der Waals surface area contributed by atoms with Crippen molar-refractivity contribution < 1.29 is 9.31 Å². The summed E-state index contributed by atoms with van der Waals surface area (Å²) in [7, 11) is -1.99. The van der Waals surface area contributed by atoms with Crippen LogP contribution >= 0.6 is 0 Å². The third-order valence-electron chi connectivity index (χ3n) is 5.91. The molecule has 3 rings (SSSR count). The van der Waals surface area contributed by atoms with Gasteiger partial charge in [0.2, 0.25) is 0 Å². The van der Waals surface area contributed by atoms with Crippen LogP contribution in [-0.2, 0) is 9.31 Å². The summed E-state index contributed by atoms with van der Waals surface area (Å²) < 4.78 is 12.8. The Morgan fingerprint density at radius 1 is 0.852 bits per heavy atom. The number of benzene rings is 2. The molecule has 0 bridgehead atoms. The second kappa shape index (κ2) is 7.42. The zero-order valence-electron chi connectivity index (χ0n) is 17.5. The number of hydrogen-bond donors (Lipinski definition) is 0. The summed E-state index contributed by atoms with van der Waals surface area (Å²) in [5.74, 6) is 0. The molecule has 2 nitrogen and oxygen atoms in total. The van der Waals surface area contributed by atoms with Crippen LogP contribution in [-0.4, -0.2) is 26.4 Å². The van der Waals surface area contributed by atoms with E-state index in [-0.39, 0.29) is 18.3 Å². The smallest absolute Gasteiger partial charge is 0.400 e. The highest BCUT2D eigenvalue weighted by Gasteiger charge is 2.52. The molecule has 142 valence electrons. The fourth-order valence-corrected chi connectivity index (χ4v) is 6.05. The third kappa shape index (κ3) is 4.45. The molecule has 0 atom stereocenters. The quantitative estimate of drug-likeness (QED) is 0.656. The molecular weight excluding hydrogens is 347 g/mol. The maximum absolute atomic E-state index is 6.41. The highest BCUT2D eigenvalue weighted by atomic mass is 28.3. The Bertz CT molecular complexity index is 782. The Labute approximate surface area is 165 Å². The molecule has 2 aromatic carbocycles. The van der Waals surface area contributed by atoms with Gasteiger partial charge in [0, 0.05) is 0 Å². The van der Waals surface area contributed by atoms with E-state index in [1.807, 2.05) is 0 Å². The molecule has 2 aromatic rings. The first kappa shape index (κ1) is 20.1. The molecule has 1 fully saturated rings. The second-order valence-corrected chi connectivity index (χ2v) is 13.8. The predicted octanol–water partition coefficient (Wildman–Crippen LogP) is 5.32. The van der Waals surface area contributed by atoms with Gasteiger partial charge in [0.15, 0.2) is 0 Å². The van der Waals surface area contributed by atoms with Gasteiger partial charge in [0.05, 0.1) is 19.3 Å². The van der Waals surface area contributed by atoms with Crippen molar-refractivity contribution in [2.75, 3.05) is 0 Å². The molecule has 27 heavy (non-hydrogen) atoms. The van der Waals surface area contributed by atoms with Crippen LogP contribution in [0.5, 0.6) is 0 Å². The first-order valence-electron chi connectivity index (χ1n) is 9.77. The first-order valence-corrected chi connectivity index (χ1v) is 13.0. The minimum absolute atomic E-state index is 0.300. The van der Waals surface area contributed by atoms with E-state index < -0.39 is 8.07 Å². The van der Waals surface area contributed by atoms with Crippen LogP contribution in [0.1, 0.15) is 33.3 Å². The lowest BCUT2D eigenvalue weighted by Gasteiger charge is -2.32. The summed E-state index contributed by atoms with van der Waals surface area (Å²) in [6.07, 6.45) is 2.26. The minimum Gasteiger partial charge on any atom is -0.400 e. The fraction of sp³-hybridized carbons (Fsp3) is 0.391. The normalized spacial score (nSPS) is 19.3. The highest BCUT2D eigenvalue weighted by Crippen LogP contribution is 2.40. The van der Waals surface area contributed by atoms with E-state index in [0.717, 1.165) is 6.04 Å². The molecule has 1 heterocycles. The van der Waals surface area contributed by atoms with Gasteiger partial charge in [0.1, 0.15) is 0 Å². The molecule has 1 aliphatic rings. The molecule has 0 spiro atoms. The van der Waals surface area contributed by atoms with Crippen LogP contribution in [0.4, 0.5) is 0 Å². The molecule has 1 aliphatic heterocycles. The molecular formula is C23H31BO2Si. The molecule has 0 amide bonds. The summed E-state index contributed by atoms with van der Waals surface area (Å²) >= 11 is 0. The van der Waals surface area contributed by atoms with Crippen LogP contribution in [0.15, 0.2) is 66.1 Å². The maximum Gasteiger partial charge on any atom is 0.490 e. The van der Waals surface area contributed by atoms with Crippen molar-refractivity contribution in [3.05, 3.63) is 71.7 Å². The Morgan fingerprint density at radius 3 is 1.85 bits per heavy atom. The van der Waals surface area contributed by atoms with Crippen molar-refractivity contribution in [1.82, 2.24) is 0 Å². The monoisotopic (exact) mass is 378 g/mol. The molecule has 0 N–H and O–H groups in total. The van der Waals surface area contributed by atoms with E-state index in [1.54, 1.807) is 0 Å². The van der Waals surface area contributed by atoms with Crippen LogP contribution < -0.4 is 5.19 Å². The molecule has 0 aromatic heterocycles. The zero-order chi connectivity index (χ0) is 19.7. The summed E-state index contributed by atoms with van der Waals surface area (Å²) in [6.45, 7) is 13.3. The average molecular weight is 378 g/mol. The van der Waals surface area contributed by atoms with Gasteiger partial charge in [-0.15, -0.1) is 0 Å². The highest BCUT2D eigenvalue weighted by molar-refractivity contribution is 6.91. The van der Waals surface area contributed by atoms with E-state index in [2.05, 4.69) is 108 Å². The van der Waals surface area contributed by atoms with Gasteiger partial charge < -0.3 is 9.31 Å². The van der Waals surface area contributed by atoms with Gasteiger partial charge in [-0.1, -0.05) is 85.0 Å². The Kier molecular flexibility index (Phi) is 5.53. The largest absolute Gasteiger partial charge is 0.490 e. The Morgan fingerprint density at radius 2 is 1.33 bits per heavy atom. The lowest BCUT2D eigenvalue weighted by atomic mass is 9.78. The van der Waals surface area contributed by atoms with Crippen molar-refractivity contribution in [3.63, 3.8) is 0 Å². The number of hydrogen-bond acceptors (Lipinski definition) is 2. The molecule has 1 saturated heterocycles. The van der Waals surface area contributed by atoms with Gasteiger partial charge in [-0.2, -0.15) is 0 Å². The molecule has 0 radical (unpaired) electrons. The minimum atomic E-state index is -1.68. The van der Waals surface area contributed by atoms with Crippen LogP contribution in [0.2, 0.25) is 19.1 Å². The Hall–Kier alpha value is -1.62. The van der Waals surface area contributed by atoms with Gasteiger partial charge in [0.25, 0.3) is 0 Å². The molecule has 0 unspecified atom stereocenters. The molecule has 0 aliphatic carbocycles. The SMILES string of the molecule is CC1(C)OB(C(=Cc2ccccc2)C[Si](C)(C)c2ccccc2)OC1(C)C. The van der Waals surface area contributed by atoms with Crippen LogP contribution in [0.25, 0.3) is 6.08 Å². The Balaban J connectivity index is 1.96. The summed E-state index contributed by atoms with van der Waals surface area (Å²) in [5, 5.41) is 1.46. The second-order valence-electron chi connectivity index (χ2n) is 9.14. The fourth-order valence-electron chi connectivity index (χ4n) is 3.46. The topological polar surface area (TPSA) is 18.5 Å². The van der Waals surface area contributed by atoms with Crippen molar-refractivity contribution in [2.45, 2.75) is 58.0 Å². The summed E-state index contributed by atoms with van der Waals surface area (Å²) in [5.41, 5.74) is 1.78.